The molecule has 8 nitrogen and oxygen atoms in total. The highest BCUT2D eigenvalue weighted by Crippen LogP contribution is 2.30. The van der Waals surface area contributed by atoms with Gasteiger partial charge in [-0.25, -0.2) is 19.2 Å². The van der Waals surface area contributed by atoms with E-state index in [0.717, 1.165) is 11.1 Å². The zero-order valence-corrected chi connectivity index (χ0v) is 19.3. The number of rotatable bonds is 5. The number of carbonyl (C=O) groups is 2. The second-order valence-electron chi connectivity index (χ2n) is 8.42. The molecule has 0 atom stereocenters. The molecule has 0 spiro atoms. The molecule has 4 rings (SSSR count). The zero-order chi connectivity index (χ0) is 24.6. The molecular weight excluding hydrogens is 435 g/mol. The van der Waals surface area contributed by atoms with Crippen LogP contribution in [0.5, 0.6) is 0 Å². The van der Waals surface area contributed by atoms with Crippen molar-refractivity contribution in [1.29, 1.82) is 0 Å². The minimum atomic E-state index is -0.624. The molecular formula is C25H25FN6O2. The molecule has 0 aliphatic rings. The Morgan fingerprint density at radius 2 is 1.79 bits per heavy atom. The summed E-state index contributed by atoms with van der Waals surface area (Å²) in [5.74, 6) is -0.585. The number of aromatic nitrogens is 3. The average molecular weight is 461 g/mol. The Balaban J connectivity index is 1.66. The molecule has 0 radical (unpaired) electrons. The summed E-state index contributed by atoms with van der Waals surface area (Å²) in [6.07, 6.45) is 3.10. The van der Waals surface area contributed by atoms with E-state index in [1.807, 2.05) is 18.4 Å². The standard InChI is InChI=1S/C25H25FN6O2/c1-13(2)32-11-18(21-23(27)28-12-29-24(21)32)22(33)17-10-16(7-6-15(17)4)30-25(34)31-20-9-14(3)5-8-19(20)26/h5-13H,1-4H3,(H2,27,28,29)(H2,30,31,34). The van der Waals surface area contributed by atoms with Crippen LogP contribution in [0.15, 0.2) is 48.9 Å². The molecule has 0 fully saturated rings. The number of nitrogens with two attached hydrogens (primary N) is 1. The Kier molecular flexibility index (Phi) is 6.02. The number of anilines is 3. The molecule has 0 aliphatic carbocycles. The first-order valence-corrected chi connectivity index (χ1v) is 10.8. The lowest BCUT2D eigenvalue weighted by Crippen LogP contribution is -2.20. The van der Waals surface area contributed by atoms with Crippen LogP contribution in [0.2, 0.25) is 0 Å². The maximum absolute atomic E-state index is 14.0. The summed E-state index contributed by atoms with van der Waals surface area (Å²) in [5.41, 5.74) is 9.45. The summed E-state index contributed by atoms with van der Waals surface area (Å²) in [6.45, 7) is 7.57. The fourth-order valence-electron chi connectivity index (χ4n) is 3.78. The maximum Gasteiger partial charge on any atom is 0.323 e. The van der Waals surface area contributed by atoms with Crippen molar-refractivity contribution in [2.45, 2.75) is 33.7 Å². The Labute approximate surface area is 196 Å². The van der Waals surface area contributed by atoms with Gasteiger partial charge in [-0.05, 0) is 63.1 Å². The SMILES string of the molecule is Cc1ccc(F)c(NC(=O)Nc2ccc(C)c(C(=O)c3cn(C(C)C)c4ncnc(N)c34)c2)c1. The van der Waals surface area contributed by atoms with Gasteiger partial charge in [-0.15, -0.1) is 0 Å². The monoisotopic (exact) mass is 460 g/mol. The van der Waals surface area contributed by atoms with Crippen LogP contribution < -0.4 is 16.4 Å². The van der Waals surface area contributed by atoms with Gasteiger partial charge in [0.15, 0.2) is 5.78 Å². The largest absolute Gasteiger partial charge is 0.383 e. The summed E-state index contributed by atoms with van der Waals surface area (Å²) >= 11 is 0. The van der Waals surface area contributed by atoms with Gasteiger partial charge in [0.2, 0.25) is 0 Å². The number of nitrogens with zero attached hydrogens (tertiary/aromatic N) is 3. The van der Waals surface area contributed by atoms with Crippen molar-refractivity contribution in [3.63, 3.8) is 0 Å². The van der Waals surface area contributed by atoms with Crippen LogP contribution in [-0.2, 0) is 0 Å². The third kappa shape index (κ3) is 4.32. The van der Waals surface area contributed by atoms with E-state index < -0.39 is 11.8 Å². The molecule has 34 heavy (non-hydrogen) atoms. The molecule has 0 aliphatic heterocycles. The summed E-state index contributed by atoms with van der Waals surface area (Å²) in [7, 11) is 0. The van der Waals surface area contributed by atoms with Crippen molar-refractivity contribution >= 4 is 40.0 Å². The van der Waals surface area contributed by atoms with E-state index in [-0.39, 0.29) is 23.3 Å². The third-order valence-corrected chi connectivity index (χ3v) is 5.55. The predicted molar refractivity (Wildman–Crippen MR) is 131 cm³/mol. The zero-order valence-electron chi connectivity index (χ0n) is 19.3. The lowest BCUT2D eigenvalue weighted by molar-refractivity contribution is 0.103. The summed E-state index contributed by atoms with van der Waals surface area (Å²) in [6, 6.07) is 8.86. The van der Waals surface area contributed by atoms with Crippen molar-refractivity contribution in [2.75, 3.05) is 16.4 Å². The maximum atomic E-state index is 14.0. The van der Waals surface area contributed by atoms with Crippen LogP contribution in [0.4, 0.5) is 26.4 Å². The highest BCUT2D eigenvalue weighted by molar-refractivity contribution is 6.19. The number of ketones is 1. The Morgan fingerprint density at radius 3 is 2.53 bits per heavy atom. The van der Waals surface area contributed by atoms with Crippen LogP contribution >= 0.6 is 0 Å². The van der Waals surface area contributed by atoms with E-state index in [1.165, 1.54) is 18.5 Å². The van der Waals surface area contributed by atoms with Gasteiger partial charge in [-0.3, -0.25) is 4.79 Å². The second-order valence-corrected chi connectivity index (χ2v) is 8.42. The highest BCUT2D eigenvalue weighted by atomic mass is 19.1. The number of halogens is 1. The van der Waals surface area contributed by atoms with Crippen LogP contribution in [-0.4, -0.2) is 26.3 Å². The van der Waals surface area contributed by atoms with Gasteiger partial charge in [-0.2, -0.15) is 0 Å². The second kappa shape index (κ2) is 8.93. The first-order valence-electron chi connectivity index (χ1n) is 10.8. The van der Waals surface area contributed by atoms with Crippen LogP contribution in [0.3, 0.4) is 0 Å². The minimum Gasteiger partial charge on any atom is -0.383 e. The van der Waals surface area contributed by atoms with E-state index in [0.29, 0.717) is 27.8 Å². The number of hydrogen-bond acceptors (Lipinski definition) is 5. The van der Waals surface area contributed by atoms with Crippen molar-refractivity contribution in [3.05, 3.63) is 77.0 Å². The van der Waals surface area contributed by atoms with Gasteiger partial charge in [-0.1, -0.05) is 12.1 Å². The normalized spacial score (nSPS) is 11.1. The Morgan fingerprint density at radius 1 is 1.03 bits per heavy atom. The van der Waals surface area contributed by atoms with Crippen LogP contribution in [0.25, 0.3) is 11.0 Å². The molecule has 0 bridgehead atoms. The van der Waals surface area contributed by atoms with Gasteiger partial charge < -0.3 is 20.9 Å². The molecule has 9 heteroatoms. The number of benzene rings is 2. The summed E-state index contributed by atoms with van der Waals surface area (Å²) < 4.78 is 15.9. The first-order chi connectivity index (χ1) is 16.2. The Hall–Kier alpha value is -4.27. The molecule has 0 saturated heterocycles. The first kappa shape index (κ1) is 22.9. The van der Waals surface area contributed by atoms with E-state index in [2.05, 4.69) is 20.6 Å². The van der Waals surface area contributed by atoms with E-state index in [4.69, 9.17) is 5.73 Å². The number of urea groups is 1. The number of hydrogen-bond donors (Lipinski definition) is 3. The number of fused-ring (bicyclic) bond motifs is 1. The molecule has 2 heterocycles. The number of nitrogens with one attached hydrogen (secondary N) is 2. The van der Waals surface area contributed by atoms with Gasteiger partial charge >= 0.3 is 6.03 Å². The van der Waals surface area contributed by atoms with Crippen molar-refractivity contribution in [1.82, 2.24) is 14.5 Å². The fraction of sp³-hybridized carbons (Fsp3) is 0.200. The number of carbonyl (C=O) groups excluding carboxylic acids is 2. The van der Waals surface area contributed by atoms with Gasteiger partial charge in [0.05, 0.1) is 16.6 Å². The average Bonchev–Trinajstić information content (AvgIpc) is 3.18. The molecule has 0 unspecified atom stereocenters. The third-order valence-electron chi connectivity index (χ3n) is 5.55. The van der Waals surface area contributed by atoms with E-state index >= 15 is 0 Å². The fourth-order valence-corrected chi connectivity index (χ4v) is 3.78. The Bertz CT molecular complexity index is 1430. The smallest absolute Gasteiger partial charge is 0.323 e. The summed E-state index contributed by atoms with van der Waals surface area (Å²) in [4.78, 5) is 34.4. The van der Waals surface area contributed by atoms with Gasteiger partial charge in [0.25, 0.3) is 0 Å². The number of nitrogen functional groups attached to an aromatic ring is 1. The summed E-state index contributed by atoms with van der Waals surface area (Å²) in [5, 5.41) is 5.65. The molecule has 2 amide bonds. The van der Waals surface area contributed by atoms with E-state index in [9.17, 15) is 14.0 Å². The predicted octanol–water partition coefficient (Wildman–Crippen LogP) is 5.23. The van der Waals surface area contributed by atoms with Crippen LogP contribution in [0, 0.1) is 19.7 Å². The molecule has 2 aromatic carbocycles. The quantitative estimate of drug-likeness (QED) is 0.353. The highest BCUT2D eigenvalue weighted by Gasteiger charge is 2.23. The molecule has 2 aromatic heterocycles. The van der Waals surface area contributed by atoms with Crippen molar-refractivity contribution < 1.29 is 14.0 Å². The van der Waals surface area contributed by atoms with Gasteiger partial charge in [0.1, 0.15) is 23.6 Å². The van der Waals surface area contributed by atoms with E-state index in [1.54, 1.807) is 44.3 Å². The number of amides is 2. The van der Waals surface area contributed by atoms with Crippen molar-refractivity contribution in [2.24, 2.45) is 0 Å². The molecule has 4 N–H and O–H groups in total. The van der Waals surface area contributed by atoms with Crippen LogP contribution in [0.1, 0.15) is 46.9 Å². The molecule has 0 saturated carbocycles. The lowest BCUT2D eigenvalue weighted by Gasteiger charge is -2.11. The number of aryl methyl sites for hydroxylation is 2. The lowest BCUT2D eigenvalue weighted by atomic mass is 9.98. The van der Waals surface area contributed by atoms with Gasteiger partial charge in [0, 0.05) is 23.5 Å². The minimum absolute atomic E-state index is 0.0539. The van der Waals surface area contributed by atoms with Crippen molar-refractivity contribution in [3.8, 4) is 0 Å². The molecule has 174 valence electrons. The topological polar surface area (TPSA) is 115 Å². The molecule has 4 aromatic rings.